The van der Waals surface area contributed by atoms with Gasteiger partial charge in [0.1, 0.15) is 0 Å². The molecule has 5 aromatic heterocycles. The molecule has 6 heterocycles. The quantitative estimate of drug-likeness (QED) is 0.0793. The highest BCUT2D eigenvalue weighted by atomic mass is 79.9. The van der Waals surface area contributed by atoms with Gasteiger partial charge in [-0.3, -0.25) is 9.97 Å². The molecule has 21 aromatic rings. The van der Waals surface area contributed by atoms with Gasteiger partial charge < -0.3 is 9.31 Å². The number of fused-ring (bicyclic) bond motifs is 6. The highest BCUT2D eigenvalue weighted by Gasteiger charge is 2.51. The molecular weight excluding hydrogens is 1770 g/mol. The molecule has 0 unspecified atom stereocenters. The number of aromatic nitrogens is 11. The average Bonchev–Trinajstić information content (AvgIpc) is 0.933. The average molecular weight is 1850 g/mol. The third-order valence-electron chi connectivity index (χ3n) is 23.0. The van der Waals surface area contributed by atoms with Crippen LogP contribution >= 0.6 is 47.8 Å². The molecule has 1 aliphatic rings. The third kappa shape index (κ3) is 18.0. The van der Waals surface area contributed by atoms with Gasteiger partial charge in [0.25, 0.3) is 0 Å². The van der Waals surface area contributed by atoms with Crippen LogP contribution in [-0.2, 0) is 9.31 Å². The smallest absolute Gasteiger partial charge is 0.399 e. The number of nitrogens with zero attached hydrogens (tertiary/aromatic N) is 11. The zero-order valence-electron chi connectivity index (χ0n) is 70.1. The Morgan fingerprint density at radius 2 is 0.469 bits per heavy atom. The standard InChI is InChI=1S/C43H27N5.C31H20BrN3.C27H26BN3O2.C10H6Br2/c1-3-10-30(11-4-1)41-46-42(31-12-5-2-6-13-31)48-43(47-41)32-20-17-28(18-21-32)35-23-24-36(38-16-8-7-15-37(35)38)34-26-33-22-19-29-14-9-25-44-39(29)40(33)45-27-34;32-28-20-19-25(26-13-7-8-14-27(26)28)21-15-17-24(18-16-21)31-34-29(22-9-3-1-4-10-22)33-30(35-31)23-11-5-2-6-12-23;1-26(2)27(3,4)33-28(32-26)22-17-15-21(16-18-22)25-30-23(19-11-7-5-8-12-19)29-24(31-25)20-13-9-6-10-14-20;11-9-5-6-10(12)8-4-2-1-3-7(8)9/h1-27H;1-20H;5-18H,1-4H3;1-6H. The lowest BCUT2D eigenvalue weighted by Gasteiger charge is -2.32. The SMILES string of the molecule is Brc1ccc(-c2ccc(-c3nc(-c4ccccc4)nc(-c4ccccc4)n3)cc2)c2ccccc12.Brc1ccc(Br)c2ccccc12.CC1(C)OB(c2ccc(-c3nc(-c4ccccc4)nc(-c4ccccc4)n3)cc2)OC1(C)C.c1ccc(-c2nc(-c3ccccc3)nc(-c3ccc(-c4ccc(-c5cnc6c(ccc7cccnc76)c5)c5ccccc45)cc3)n2)cc1. The summed E-state index contributed by atoms with van der Waals surface area (Å²) in [5.74, 6) is 5.85. The number of hydrogen-bond acceptors (Lipinski definition) is 13. The minimum atomic E-state index is -0.401. The van der Waals surface area contributed by atoms with Crippen LogP contribution in [0.2, 0.25) is 0 Å². The molecule has 0 spiro atoms. The summed E-state index contributed by atoms with van der Waals surface area (Å²) in [6, 6.07) is 134. The van der Waals surface area contributed by atoms with Gasteiger partial charge in [0.2, 0.25) is 0 Å². The lowest BCUT2D eigenvalue weighted by atomic mass is 9.79. The number of pyridine rings is 2. The molecule has 0 amide bonds. The highest BCUT2D eigenvalue weighted by Crippen LogP contribution is 2.42. The molecule has 13 nitrogen and oxygen atoms in total. The van der Waals surface area contributed by atoms with Gasteiger partial charge in [-0.05, 0) is 124 Å². The maximum Gasteiger partial charge on any atom is 0.494 e. The third-order valence-corrected chi connectivity index (χ3v) is 25.1. The van der Waals surface area contributed by atoms with Crippen molar-refractivity contribution in [2.45, 2.75) is 38.9 Å². The van der Waals surface area contributed by atoms with Gasteiger partial charge in [-0.15, -0.1) is 0 Å². The summed E-state index contributed by atoms with van der Waals surface area (Å²) in [4.78, 5) is 52.9. The molecule has 128 heavy (non-hydrogen) atoms. The van der Waals surface area contributed by atoms with E-state index in [2.05, 4.69) is 238 Å². The lowest BCUT2D eigenvalue weighted by molar-refractivity contribution is 0.00578. The molecule has 0 N–H and O–H groups in total. The van der Waals surface area contributed by atoms with E-state index in [4.69, 9.17) is 59.1 Å². The fraction of sp³-hybridized carbons (Fsp3) is 0.0541. The van der Waals surface area contributed by atoms with E-state index in [1.54, 1.807) is 0 Å². The summed E-state index contributed by atoms with van der Waals surface area (Å²) >= 11 is 10.7. The number of rotatable bonds is 13. The molecule has 16 aromatic carbocycles. The Balaban J connectivity index is 0.000000119. The van der Waals surface area contributed by atoms with Gasteiger partial charge in [0.15, 0.2) is 52.4 Å². The van der Waals surface area contributed by atoms with Crippen molar-refractivity contribution in [3.05, 3.63) is 420 Å². The van der Waals surface area contributed by atoms with E-state index in [0.717, 1.165) is 119 Å². The Labute approximate surface area is 767 Å². The van der Waals surface area contributed by atoms with E-state index in [1.165, 1.54) is 37.9 Å². The molecule has 614 valence electrons. The van der Waals surface area contributed by atoms with Gasteiger partial charge in [0.05, 0.1) is 22.2 Å². The Morgan fingerprint density at radius 3 is 0.812 bits per heavy atom. The molecule has 0 aliphatic carbocycles. The van der Waals surface area contributed by atoms with E-state index in [1.807, 2.05) is 249 Å². The zero-order chi connectivity index (χ0) is 87.1. The number of benzene rings is 16. The Bertz CT molecular complexity index is 7360. The normalized spacial score (nSPS) is 12.5. The summed E-state index contributed by atoms with van der Waals surface area (Å²) in [6.07, 6.45) is 3.79. The molecule has 1 fully saturated rings. The molecule has 1 saturated heterocycles. The van der Waals surface area contributed by atoms with E-state index in [0.29, 0.717) is 52.4 Å². The van der Waals surface area contributed by atoms with Crippen LogP contribution in [-0.4, -0.2) is 73.1 Å². The van der Waals surface area contributed by atoms with Crippen LogP contribution in [0.15, 0.2) is 420 Å². The van der Waals surface area contributed by atoms with Crippen molar-refractivity contribution in [3.63, 3.8) is 0 Å². The summed E-state index contributed by atoms with van der Waals surface area (Å²) in [5, 5.41) is 9.43. The maximum atomic E-state index is 6.19. The maximum absolute atomic E-state index is 6.19. The highest BCUT2D eigenvalue weighted by molar-refractivity contribution is 9.11. The molecule has 1 aliphatic heterocycles. The van der Waals surface area contributed by atoms with Crippen molar-refractivity contribution in [2.24, 2.45) is 0 Å². The van der Waals surface area contributed by atoms with E-state index in [-0.39, 0.29) is 11.2 Å². The molecule has 0 bridgehead atoms. The monoisotopic (exact) mass is 1850 g/mol. The second kappa shape index (κ2) is 37.0. The fourth-order valence-electron chi connectivity index (χ4n) is 15.6. The van der Waals surface area contributed by atoms with Crippen LogP contribution in [0.3, 0.4) is 0 Å². The molecular formula is C111H79BBr3N11O2. The zero-order valence-corrected chi connectivity index (χ0v) is 74.9. The van der Waals surface area contributed by atoms with Crippen molar-refractivity contribution in [3.8, 4) is 136 Å². The predicted octanol–water partition coefficient (Wildman–Crippen LogP) is 28.4. The van der Waals surface area contributed by atoms with Gasteiger partial charge in [-0.2, -0.15) is 0 Å². The van der Waals surface area contributed by atoms with Gasteiger partial charge >= 0.3 is 7.12 Å². The summed E-state index contributed by atoms with van der Waals surface area (Å²) in [7, 11) is -0.401. The van der Waals surface area contributed by atoms with Crippen molar-refractivity contribution >= 4 is 114 Å². The topological polar surface area (TPSA) is 160 Å². The van der Waals surface area contributed by atoms with E-state index in [9.17, 15) is 0 Å². The lowest BCUT2D eigenvalue weighted by Crippen LogP contribution is -2.41. The van der Waals surface area contributed by atoms with Crippen LogP contribution < -0.4 is 5.46 Å². The Morgan fingerprint density at radius 1 is 0.219 bits per heavy atom. The first-order chi connectivity index (χ1) is 62.7. The molecule has 0 atom stereocenters. The van der Waals surface area contributed by atoms with Crippen LogP contribution in [0.25, 0.3) is 190 Å². The van der Waals surface area contributed by atoms with Gasteiger partial charge in [-0.1, -0.05) is 412 Å². The molecule has 0 saturated carbocycles. The van der Waals surface area contributed by atoms with Gasteiger partial charge in [0, 0.05) is 92.2 Å². The minimum absolute atomic E-state index is 0.375. The second-order valence-corrected chi connectivity index (χ2v) is 34.4. The van der Waals surface area contributed by atoms with E-state index >= 15 is 0 Å². The van der Waals surface area contributed by atoms with Crippen LogP contribution in [0.1, 0.15) is 27.7 Å². The molecule has 0 radical (unpaired) electrons. The number of hydrogen-bond donors (Lipinski definition) is 0. The molecule has 17 heteroatoms. The van der Waals surface area contributed by atoms with Gasteiger partial charge in [-0.25, -0.2) is 44.9 Å². The van der Waals surface area contributed by atoms with Crippen LogP contribution in [0.5, 0.6) is 0 Å². The minimum Gasteiger partial charge on any atom is -0.399 e. The van der Waals surface area contributed by atoms with Crippen molar-refractivity contribution in [1.29, 1.82) is 0 Å². The Hall–Kier alpha value is -14.4. The fourth-order valence-corrected chi connectivity index (χ4v) is 17.0. The first-order valence-electron chi connectivity index (χ1n) is 42.1. The Kier molecular flexibility index (Phi) is 24.0. The van der Waals surface area contributed by atoms with Crippen LogP contribution in [0, 0.1) is 0 Å². The van der Waals surface area contributed by atoms with Crippen molar-refractivity contribution < 1.29 is 9.31 Å². The molecule has 22 rings (SSSR count). The second-order valence-electron chi connectivity index (χ2n) is 31.8. The van der Waals surface area contributed by atoms with Crippen LogP contribution in [0.4, 0.5) is 0 Å². The summed E-state index contributed by atoms with van der Waals surface area (Å²) < 4.78 is 15.8. The van der Waals surface area contributed by atoms with Crippen molar-refractivity contribution in [1.82, 2.24) is 54.8 Å². The summed E-state index contributed by atoms with van der Waals surface area (Å²) in [6.45, 7) is 8.23. The van der Waals surface area contributed by atoms with Crippen molar-refractivity contribution in [2.75, 3.05) is 0 Å². The summed E-state index contributed by atoms with van der Waals surface area (Å²) in [5.41, 5.74) is 17.4. The predicted molar refractivity (Wildman–Crippen MR) is 533 cm³/mol. The first kappa shape index (κ1) is 83.1. The number of halogens is 3. The van der Waals surface area contributed by atoms with E-state index < -0.39 is 7.12 Å². The first-order valence-corrected chi connectivity index (χ1v) is 44.5. The largest absolute Gasteiger partial charge is 0.494 e.